The fraction of sp³-hybridized carbons (Fsp3) is 0.500. The predicted octanol–water partition coefficient (Wildman–Crippen LogP) is -0.942. The Hall–Kier alpha value is -1.89. The molecule has 1 saturated heterocycles. The largest absolute Gasteiger partial charge is 0.377 e. The lowest BCUT2D eigenvalue weighted by molar-refractivity contribution is -0.121. The second-order valence-corrected chi connectivity index (χ2v) is 3.91. The van der Waals surface area contributed by atoms with Gasteiger partial charge in [-0.1, -0.05) is 0 Å². The summed E-state index contributed by atoms with van der Waals surface area (Å²) in [6.07, 6.45) is 0. The first-order chi connectivity index (χ1) is 8.08. The van der Waals surface area contributed by atoms with E-state index in [-0.39, 0.29) is 12.6 Å². The molecule has 0 radical (unpaired) electrons. The van der Waals surface area contributed by atoms with E-state index in [1.54, 1.807) is 11.0 Å². The average molecular weight is 237 g/mol. The van der Waals surface area contributed by atoms with Crippen molar-refractivity contribution in [2.24, 2.45) is 5.73 Å². The van der Waals surface area contributed by atoms with E-state index in [9.17, 15) is 4.79 Å². The van der Waals surface area contributed by atoms with E-state index in [1.165, 1.54) is 0 Å². The molecule has 0 aliphatic carbocycles. The Morgan fingerprint density at radius 1 is 1.59 bits per heavy atom. The predicted molar refractivity (Wildman–Crippen MR) is 62.3 cm³/mol. The third-order valence-electron chi connectivity index (χ3n) is 2.61. The highest BCUT2D eigenvalue weighted by molar-refractivity contribution is 5.83. The maximum Gasteiger partial charge on any atom is 0.242 e. The number of hydrogen-bond acceptors (Lipinski definition) is 6. The van der Waals surface area contributed by atoms with Gasteiger partial charge in [0.25, 0.3) is 0 Å². The highest BCUT2D eigenvalue weighted by Gasteiger charge is 2.29. The highest BCUT2D eigenvalue weighted by Crippen LogP contribution is 2.18. The van der Waals surface area contributed by atoms with Crippen molar-refractivity contribution in [2.45, 2.75) is 13.0 Å². The Balaban J connectivity index is 2.32. The topological polar surface area (TPSA) is 107 Å². The van der Waals surface area contributed by atoms with Crippen LogP contribution in [0.5, 0.6) is 0 Å². The van der Waals surface area contributed by atoms with E-state index in [2.05, 4.69) is 9.97 Å². The molecule has 2 rings (SSSR count). The number of aromatic nitrogens is 2. The molecular weight excluding hydrogens is 222 g/mol. The second-order valence-electron chi connectivity index (χ2n) is 3.91. The van der Waals surface area contributed by atoms with Crippen LogP contribution >= 0.6 is 0 Å². The summed E-state index contributed by atoms with van der Waals surface area (Å²) < 4.78 is 5.24. The third-order valence-corrected chi connectivity index (χ3v) is 2.61. The summed E-state index contributed by atoms with van der Waals surface area (Å²) in [4.78, 5) is 21.2. The number of nitrogen functional groups attached to an aromatic ring is 1. The molecule has 17 heavy (non-hydrogen) atoms. The van der Waals surface area contributed by atoms with Gasteiger partial charge in [-0.25, -0.2) is 4.98 Å². The first kappa shape index (κ1) is 11.6. The molecule has 1 atom stereocenters. The summed E-state index contributed by atoms with van der Waals surface area (Å²) in [5.74, 6) is 0.372. The van der Waals surface area contributed by atoms with Crippen molar-refractivity contribution in [3.8, 4) is 0 Å². The zero-order valence-corrected chi connectivity index (χ0v) is 9.59. The molecule has 7 heteroatoms. The molecule has 0 spiro atoms. The summed E-state index contributed by atoms with van der Waals surface area (Å²) in [6.45, 7) is 3.19. The molecule has 1 fully saturated rings. The van der Waals surface area contributed by atoms with Crippen LogP contribution in [0.25, 0.3) is 0 Å². The van der Waals surface area contributed by atoms with Crippen LogP contribution in [0.2, 0.25) is 0 Å². The SMILES string of the molecule is Cc1cc(N2CCOCC2C(N)=O)nc(N)n1. The standard InChI is InChI=1S/C10H15N5O2/c1-6-4-8(14-10(12)13-6)15-2-3-17-5-7(15)9(11)16/h4,7H,2-3,5H2,1H3,(H2,11,16)(H2,12,13,14). The number of morpholine rings is 1. The molecule has 0 aromatic carbocycles. The van der Waals surface area contributed by atoms with Gasteiger partial charge in [-0.05, 0) is 6.92 Å². The van der Waals surface area contributed by atoms with Crippen molar-refractivity contribution in [3.63, 3.8) is 0 Å². The van der Waals surface area contributed by atoms with Crippen molar-refractivity contribution >= 4 is 17.7 Å². The van der Waals surface area contributed by atoms with E-state index >= 15 is 0 Å². The molecule has 7 nitrogen and oxygen atoms in total. The van der Waals surface area contributed by atoms with Gasteiger partial charge in [0, 0.05) is 18.3 Å². The van der Waals surface area contributed by atoms with Crippen LogP contribution in [0, 0.1) is 6.92 Å². The summed E-state index contributed by atoms with van der Waals surface area (Å²) in [5.41, 5.74) is 11.7. The number of amides is 1. The highest BCUT2D eigenvalue weighted by atomic mass is 16.5. The minimum atomic E-state index is -0.502. The molecule has 4 N–H and O–H groups in total. The number of nitrogens with two attached hydrogens (primary N) is 2. The summed E-state index contributed by atoms with van der Waals surface area (Å²) in [7, 11) is 0. The monoisotopic (exact) mass is 237 g/mol. The number of rotatable bonds is 2. The summed E-state index contributed by atoms with van der Waals surface area (Å²) in [5, 5.41) is 0. The Morgan fingerprint density at radius 2 is 2.35 bits per heavy atom. The molecule has 1 aromatic rings. The maximum absolute atomic E-state index is 11.3. The first-order valence-corrected chi connectivity index (χ1v) is 5.33. The first-order valence-electron chi connectivity index (χ1n) is 5.33. The fourth-order valence-electron chi connectivity index (χ4n) is 1.84. The van der Waals surface area contributed by atoms with Crippen molar-refractivity contribution in [1.29, 1.82) is 0 Å². The average Bonchev–Trinajstić information content (AvgIpc) is 2.27. The van der Waals surface area contributed by atoms with Crippen LogP contribution in [-0.2, 0) is 9.53 Å². The summed E-state index contributed by atoms with van der Waals surface area (Å²) >= 11 is 0. The molecule has 2 heterocycles. The zero-order valence-electron chi connectivity index (χ0n) is 9.59. The number of primary amides is 1. The molecule has 92 valence electrons. The van der Waals surface area contributed by atoms with Crippen LogP contribution in [-0.4, -0.2) is 41.7 Å². The fourth-order valence-corrected chi connectivity index (χ4v) is 1.84. The van der Waals surface area contributed by atoms with Gasteiger partial charge >= 0.3 is 0 Å². The lowest BCUT2D eigenvalue weighted by atomic mass is 10.2. The quantitative estimate of drug-likeness (QED) is 0.687. The van der Waals surface area contributed by atoms with Crippen LogP contribution in [0.15, 0.2) is 6.07 Å². The van der Waals surface area contributed by atoms with Gasteiger partial charge in [-0.3, -0.25) is 4.79 Å². The zero-order chi connectivity index (χ0) is 12.4. The molecule has 0 bridgehead atoms. The van der Waals surface area contributed by atoms with Gasteiger partial charge in [0.2, 0.25) is 11.9 Å². The lowest BCUT2D eigenvalue weighted by Gasteiger charge is -2.34. The van der Waals surface area contributed by atoms with E-state index in [0.29, 0.717) is 19.0 Å². The van der Waals surface area contributed by atoms with E-state index < -0.39 is 11.9 Å². The van der Waals surface area contributed by atoms with Crippen LogP contribution in [0.3, 0.4) is 0 Å². The van der Waals surface area contributed by atoms with Gasteiger partial charge in [0.1, 0.15) is 11.9 Å². The number of anilines is 2. The third kappa shape index (κ3) is 2.44. The molecule has 1 aromatic heterocycles. The van der Waals surface area contributed by atoms with Gasteiger partial charge in [0.05, 0.1) is 13.2 Å². The van der Waals surface area contributed by atoms with E-state index in [0.717, 1.165) is 5.69 Å². The lowest BCUT2D eigenvalue weighted by Crippen LogP contribution is -2.53. The number of nitrogens with zero attached hydrogens (tertiary/aromatic N) is 3. The number of carbonyl (C=O) groups excluding carboxylic acids is 1. The Bertz CT molecular complexity index is 416. The minimum absolute atomic E-state index is 0.190. The Kier molecular flexibility index (Phi) is 3.10. The van der Waals surface area contributed by atoms with Gasteiger partial charge < -0.3 is 21.1 Å². The van der Waals surface area contributed by atoms with Gasteiger partial charge in [-0.2, -0.15) is 4.98 Å². The summed E-state index contributed by atoms with van der Waals surface area (Å²) in [6, 6.07) is 1.27. The van der Waals surface area contributed by atoms with E-state index in [1.807, 2.05) is 6.92 Å². The number of aryl methyl sites for hydroxylation is 1. The Morgan fingerprint density at radius 3 is 3.00 bits per heavy atom. The molecular formula is C10H15N5O2. The second kappa shape index (κ2) is 4.54. The van der Waals surface area contributed by atoms with Crippen molar-refractivity contribution < 1.29 is 9.53 Å². The maximum atomic E-state index is 11.3. The molecule has 1 aliphatic heterocycles. The van der Waals surface area contributed by atoms with Crippen molar-refractivity contribution in [1.82, 2.24) is 9.97 Å². The van der Waals surface area contributed by atoms with Crippen LogP contribution in [0.4, 0.5) is 11.8 Å². The molecule has 1 amide bonds. The van der Waals surface area contributed by atoms with Crippen LogP contribution in [0.1, 0.15) is 5.69 Å². The van der Waals surface area contributed by atoms with Gasteiger partial charge in [0.15, 0.2) is 0 Å². The van der Waals surface area contributed by atoms with Crippen molar-refractivity contribution in [2.75, 3.05) is 30.4 Å². The Labute approximate surface area is 98.8 Å². The smallest absolute Gasteiger partial charge is 0.242 e. The number of carbonyl (C=O) groups is 1. The molecule has 1 unspecified atom stereocenters. The van der Waals surface area contributed by atoms with E-state index in [4.69, 9.17) is 16.2 Å². The normalized spacial score (nSPS) is 20.3. The van der Waals surface area contributed by atoms with Gasteiger partial charge in [-0.15, -0.1) is 0 Å². The van der Waals surface area contributed by atoms with Crippen molar-refractivity contribution in [3.05, 3.63) is 11.8 Å². The molecule has 0 saturated carbocycles. The minimum Gasteiger partial charge on any atom is -0.377 e. The molecule has 1 aliphatic rings. The number of hydrogen-bond donors (Lipinski definition) is 2. The van der Waals surface area contributed by atoms with Crippen LogP contribution < -0.4 is 16.4 Å². The number of ether oxygens (including phenoxy) is 1.